The molecule has 1 nitrogen and oxygen atoms in total. The SMILES string of the molecule is CC12C=CC=CC1=c1oc3ccccc3c1=CC2c1cccc(-c2c3ccccc3c(-c3ccc4ccccc4c3)c3ccccc23)c1. The second-order valence-electron chi connectivity index (χ2n) is 13.4. The van der Waals surface area contributed by atoms with Crippen molar-refractivity contribution in [2.75, 3.05) is 0 Å². The van der Waals surface area contributed by atoms with Gasteiger partial charge in [-0.25, -0.2) is 0 Å². The van der Waals surface area contributed by atoms with E-state index >= 15 is 0 Å². The molecule has 2 unspecified atom stereocenters. The van der Waals surface area contributed by atoms with Crippen LogP contribution in [0.15, 0.2) is 168 Å². The molecular formula is C47H32O. The molecule has 0 radical (unpaired) electrons. The van der Waals surface area contributed by atoms with Crippen LogP contribution < -0.4 is 10.6 Å². The smallest absolute Gasteiger partial charge is 0.139 e. The maximum atomic E-state index is 6.52. The van der Waals surface area contributed by atoms with Crippen LogP contribution in [0, 0.1) is 5.41 Å². The molecule has 1 aromatic heterocycles. The molecule has 226 valence electrons. The molecule has 0 amide bonds. The van der Waals surface area contributed by atoms with E-state index in [-0.39, 0.29) is 11.3 Å². The number of benzene rings is 7. The molecule has 0 saturated carbocycles. The highest BCUT2D eigenvalue weighted by Crippen LogP contribution is 2.50. The van der Waals surface area contributed by atoms with Crippen LogP contribution in [0.25, 0.3) is 77.2 Å². The quantitative estimate of drug-likeness (QED) is 0.181. The summed E-state index contributed by atoms with van der Waals surface area (Å²) in [6, 6.07) is 51.1. The van der Waals surface area contributed by atoms with E-state index in [1.54, 1.807) is 0 Å². The van der Waals surface area contributed by atoms with Gasteiger partial charge in [0.25, 0.3) is 0 Å². The Labute approximate surface area is 279 Å². The van der Waals surface area contributed by atoms with Crippen LogP contribution in [0.4, 0.5) is 0 Å². The molecule has 48 heavy (non-hydrogen) atoms. The van der Waals surface area contributed by atoms with Crippen molar-refractivity contribution < 1.29 is 4.42 Å². The monoisotopic (exact) mass is 612 g/mol. The Morgan fingerprint density at radius 2 is 1.17 bits per heavy atom. The summed E-state index contributed by atoms with van der Waals surface area (Å²) in [7, 11) is 0. The van der Waals surface area contributed by atoms with Gasteiger partial charge in [-0.2, -0.15) is 0 Å². The summed E-state index contributed by atoms with van der Waals surface area (Å²) in [6.07, 6.45) is 11.4. The van der Waals surface area contributed by atoms with Gasteiger partial charge in [0, 0.05) is 27.5 Å². The van der Waals surface area contributed by atoms with E-state index in [2.05, 4.69) is 177 Å². The number of fused-ring (bicyclic) bond motifs is 7. The van der Waals surface area contributed by atoms with Crippen LogP contribution in [0.2, 0.25) is 0 Å². The molecule has 1 heteroatoms. The number of hydrogen-bond donors (Lipinski definition) is 0. The molecule has 0 spiro atoms. The number of allylic oxidation sites excluding steroid dienone is 4. The Balaban J connectivity index is 1.22. The lowest BCUT2D eigenvalue weighted by Crippen LogP contribution is -2.39. The topological polar surface area (TPSA) is 13.1 Å². The van der Waals surface area contributed by atoms with Crippen molar-refractivity contribution in [2.45, 2.75) is 12.8 Å². The third-order valence-electron chi connectivity index (χ3n) is 10.8. The Kier molecular flexibility index (Phi) is 5.83. The normalized spacial score (nSPS) is 18.4. The fraction of sp³-hybridized carbons (Fsp3) is 0.0638. The van der Waals surface area contributed by atoms with Crippen molar-refractivity contribution >= 4 is 54.9 Å². The van der Waals surface area contributed by atoms with Crippen LogP contribution in [0.3, 0.4) is 0 Å². The van der Waals surface area contributed by atoms with Crippen LogP contribution in [0.1, 0.15) is 18.4 Å². The summed E-state index contributed by atoms with van der Waals surface area (Å²) < 4.78 is 6.52. The third-order valence-corrected chi connectivity index (χ3v) is 10.8. The molecular weight excluding hydrogens is 581 g/mol. The first-order valence-electron chi connectivity index (χ1n) is 16.8. The molecule has 1 heterocycles. The fourth-order valence-corrected chi connectivity index (χ4v) is 8.46. The van der Waals surface area contributed by atoms with E-state index in [1.807, 2.05) is 0 Å². The zero-order valence-electron chi connectivity index (χ0n) is 26.7. The number of para-hydroxylation sites is 1. The summed E-state index contributed by atoms with van der Waals surface area (Å²) in [5.74, 6) is 0.136. The maximum Gasteiger partial charge on any atom is 0.139 e. The van der Waals surface area contributed by atoms with Crippen LogP contribution in [0.5, 0.6) is 0 Å². The summed E-state index contributed by atoms with van der Waals surface area (Å²) in [5, 5.41) is 9.97. The van der Waals surface area contributed by atoms with E-state index in [0.29, 0.717) is 0 Å². The minimum Gasteiger partial charge on any atom is -0.456 e. The average Bonchev–Trinajstić information content (AvgIpc) is 3.51. The Morgan fingerprint density at radius 1 is 0.542 bits per heavy atom. The van der Waals surface area contributed by atoms with Gasteiger partial charge in [0.15, 0.2) is 0 Å². The predicted molar refractivity (Wildman–Crippen MR) is 202 cm³/mol. The summed E-state index contributed by atoms with van der Waals surface area (Å²) >= 11 is 0. The molecule has 0 fully saturated rings. The highest BCUT2D eigenvalue weighted by Gasteiger charge is 2.39. The van der Waals surface area contributed by atoms with Gasteiger partial charge in [-0.1, -0.05) is 165 Å². The average molecular weight is 613 g/mol. The number of hydrogen-bond acceptors (Lipinski definition) is 1. The zero-order valence-corrected chi connectivity index (χ0v) is 26.7. The van der Waals surface area contributed by atoms with Gasteiger partial charge >= 0.3 is 0 Å². The molecule has 8 aromatic rings. The van der Waals surface area contributed by atoms with Crippen molar-refractivity contribution in [3.05, 3.63) is 180 Å². The lowest BCUT2D eigenvalue weighted by Gasteiger charge is -2.38. The molecule has 2 aliphatic rings. The number of rotatable bonds is 3. The maximum absolute atomic E-state index is 6.52. The summed E-state index contributed by atoms with van der Waals surface area (Å²) in [5.41, 5.74) is 9.29. The highest BCUT2D eigenvalue weighted by atomic mass is 16.3. The van der Waals surface area contributed by atoms with Crippen molar-refractivity contribution in [1.82, 2.24) is 0 Å². The van der Waals surface area contributed by atoms with Crippen molar-refractivity contribution in [1.29, 1.82) is 0 Å². The third kappa shape index (κ3) is 3.91. The lowest BCUT2D eigenvalue weighted by molar-refractivity contribution is 0.488. The summed E-state index contributed by atoms with van der Waals surface area (Å²) in [4.78, 5) is 0. The largest absolute Gasteiger partial charge is 0.456 e. The minimum atomic E-state index is -0.238. The molecule has 2 atom stereocenters. The van der Waals surface area contributed by atoms with E-state index in [9.17, 15) is 0 Å². The van der Waals surface area contributed by atoms with E-state index in [4.69, 9.17) is 4.42 Å². The van der Waals surface area contributed by atoms with Crippen molar-refractivity contribution in [3.63, 3.8) is 0 Å². The minimum absolute atomic E-state index is 0.136. The fourth-order valence-electron chi connectivity index (χ4n) is 8.46. The molecule has 0 bridgehead atoms. The Bertz CT molecular complexity index is 2750. The van der Waals surface area contributed by atoms with Gasteiger partial charge < -0.3 is 4.42 Å². The van der Waals surface area contributed by atoms with Gasteiger partial charge in [-0.3, -0.25) is 0 Å². The van der Waals surface area contributed by atoms with Crippen LogP contribution >= 0.6 is 0 Å². The summed E-state index contributed by atoms with van der Waals surface area (Å²) in [6.45, 7) is 2.36. The molecule has 7 aromatic carbocycles. The molecule has 0 N–H and O–H groups in total. The predicted octanol–water partition coefficient (Wildman–Crippen LogP) is 11.1. The van der Waals surface area contributed by atoms with Crippen LogP contribution in [-0.4, -0.2) is 0 Å². The van der Waals surface area contributed by atoms with Crippen LogP contribution in [-0.2, 0) is 0 Å². The first kappa shape index (κ1) is 27.2. The molecule has 2 aliphatic carbocycles. The number of furan rings is 1. The highest BCUT2D eigenvalue weighted by molar-refractivity contribution is 6.21. The first-order chi connectivity index (χ1) is 23.7. The lowest BCUT2D eigenvalue weighted by atomic mass is 9.64. The van der Waals surface area contributed by atoms with E-state index in [1.165, 1.54) is 76.3 Å². The zero-order chi connectivity index (χ0) is 31.8. The van der Waals surface area contributed by atoms with Crippen molar-refractivity contribution in [2.24, 2.45) is 5.41 Å². The second-order valence-corrected chi connectivity index (χ2v) is 13.4. The standard InChI is InChI=1S/C47H32O/c1-47-26-11-10-22-41(47)46-40(35-17-8-9-23-43(35)48-46)29-42(47)32-15-12-16-33(28-32)44-36-18-4-6-20-38(36)45(39-21-7-5-19-37(39)44)34-25-24-30-13-2-3-14-31(30)27-34/h2-29,42H,1H3. The van der Waals surface area contributed by atoms with E-state index in [0.717, 1.165) is 11.0 Å². The van der Waals surface area contributed by atoms with Gasteiger partial charge in [-0.15, -0.1) is 0 Å². The van der Waals surface area contributed by atoms with Crippen molar-refractivity contribution in [3.8, 4) is 22.3 Å². The molecule has 0 saturated heterocycles. The Hall–Kier alpha value is -5.92. The van der Waals surface area contributed by atoms with Gasteiger partial charge in [-0.05, 0) is 72.3 Å². The second kappa shape index (κ2) is 10.3. The molecule has 0 aliphatic heterocycles. The molecule has 10 rings (SSSR count). The van der Waals surface area contributed by atoms with E-state index < -0.39 is 0 Å². The van der Waals surface area contributed by atoms with Gasteiger partial charge in [0.1, 0.15) is 11.0 Å². The van der Waals surface area contributed by atoms with Gasteiger partial charge in [0.2, 0.25) is 0 Å². The Morgan fingerprint density at radius 3 is 1.90 bits per heavy atom. The first-order valence-corrected chi connectivity index (χ1v) is 16.8. The van der Waals surface area contributed by atoms with Gasteiger partial charge in [0.05, 0.1) is 0 Å².